The molecule has 1 fully saturated rings. The van der Waals surface area contributed by atoms with Crippen molar-refractivity contribution in [1.82, 2.24) is 9.91 Å². The average Bonchev–Trinajstić information content (AvgIpc) is 3.06. The Morgan fingerprint density at radius 1 is 1.13 bits per heavy atom. The van der Waals surface area contributed by atoms with Gasteiger partial charge in [-0.15, -0.1) is 0 Å². The van der Waals surface area contributed by atoms with Crippen LogP contribution in [0.1, 0.15) is 30.4 Å². The lowest BCUT2D eigenvalue weighted by Crippen LogP contribution is -2.60. The highest BCUT2D eigenvalue weighted by Crippen LogP contribution is 2.55. The minimum absolute atomic E-state index is 0.0369. The molecule has 0 amide bonds. The fraction of sp³-hybridized carbons (Fsp3) is 0.250. The van der Waals surface area contributed by atoms with Crippen LogP contribution >= 0.6 is 23.2 Å². The first-order valence-corrected chi connectivity index (χ1v) is 10.7. The van der Waals surface area contributed by atoms with Crippen molar-refractivity contribution in [3.63, 3.8) is 0 Å². The molecule has 1 saturated heterocycles. The molecule has 3 aliphatic rings. The average molecular weight is 437 g/mol. The summed E-state index contributed by atoms with van der Waals surface area (Å²) >= 11 is 12.7. The maximum atomic E-state index is 6.41. The number of piperidine rings is 1. The van der Waals surface area contributed by atoms with E-state index in [1.54, 1.807) is 0 Å². The van der Waals surface area contributed by atoms with Crippen LogP contribution in [0.2, 0.25) is 10.0 Å². The van der Waals surface area contributed by atoms with Crippen LogP contribution in [0.4, 0.5) is 5.69 Å². The monoisotopic (exact) mass is 436 g/mol. The van der Waals surface area contributed by atoms with Gasteiger partial charge in [0.25, 0.3) is 0 Å². The summed E-state index contributed by atoms with van der Waals surface area (Å²) in [6, 6.07) is 14.1. The predicted molar refractivity (Wildman–Crippen MR) is 125 cm³/mol. The molecule has 3 unspecified atom stereocenters. The second-order valence-electron chi connectivity index (χ2n) is 8.21. The summed E-state index contributed by atoms with van der Waals surface area (Å²) in [4.78, 5) is 7.08. The molecular weight excluding hydrogens is 415 g/mol. The van der Waals surface area contributed by atoms with E-state index in [1.807, 2.05) is 42.5 Å². The number of fused-ring (bicyclic) bond motifs is 3. The maximum absolute atomic E-state index is 6.41. The smallest absolute Gasteiger partial charge is 0.130 e. The fourth-order valence-corrected chi connectivity index (χ4v) is 5.52. The van der Waals surface area contributed by atoms with E-state index in [0.717, 1.165) is 34.1 Å². The van der Waals surface area contributed by atoms with Gasteiger partial charge in [0.15, 0.2) is 0 Å². The highest BCUT2D eigenvalue weighted by molar-refractivity contribution is 6.31. The molecule has 2 aromatic carbocycles. The molecule has 2 aromatic rings. The van der Waals surface area contributed by atoms with Gasteiger partial charge in [-0.05, 0) is 42.3 Å². The third-order valence-corrected chi connectivity index (χ3v) is 6.74. The maximum Gasteiger partial charge on any atom is 0.130 e. The summed E-state index contributed by atoms with van der Waals surface area (Å²) in [7, 11) is 1.95. The van der Waals surface area contributed by atoms with E-state index >= 15 is 0 Å². The van der Waals surface area contributed by atoms with E-state index < -0.39 is 5.41 Å². The van der Waals surface area contributed by atoms with E-state index in [1.165, 1.54) is 5.56 Å². The molecule has 5 rings (SSSR count). The first-order chi connectivity index (χ1) is 14.4. The molecule has 3 heterocycles. The van der Waals surface area contributed by atoms with Crippen molar-refractivity contribution >= 4 is 40.9 Å². The molecule has 30 heavy (non-hydrogen) atoms. The van der Waals surface area contributed by atoms with Gasteiger partial charge in [0, 0.05) is 48.0 Å². The number of aliphatic imine (C=N–C) groups is 1. The molecule has 152 valence electrons. The molecule has 0 radical (unpaired) electrons. The van der Waals surface area contributed by atoms with Crippen LogP contribution in [-0.4, -0.2) is 35.0 Å². The van der Waals surface area contributed by atoms with Crippen LogP contribution in [0.15, 0.2) is 77.1 Å². The van der Waals surface area contributed by atoms with Crippen molar-refractivity contribution in [1.29, 1.82) is 0 Å². The third-order valence-electron chi connectivity index (χ3n) is 6.27. The van der Waals surface area contributed by atoms with Crippen LogP contribution in [0.5, 0.6) is 0 Å². The van der Waals surface area contributed by atoms with Gasteiger partial charge in [-0.2, -0.15) is 5.10 Å². The molecule has 0 N–H and O–H groups in total. The summed E-state index contributed by atoms with van der Waals surface area (Å²) in [5, 5.41) is 8.08. The molecule has 3 atom stereocenters. The SMILES string of the molecule is C=C(C)C1N2C=CN(C)N=C2CC(c2cccc(Cl)c2)C12C=Nc1cc(Cl)ccc12. The minimum atomic E-state index is -0.407. The third kappa shape index (κ3) is 2.82. The van der Waals surface area contributed by atoms with E-state index in [0.29, 0.717) is 5.02 Å². The van der Waals surface area contributed by atoms with Crippen molar-refractivity contribution in [2.24, 2.45) is 10.1 Å². The quantitative estimate of drug-likeness (QED) is 0.531. The zero-order valence-corrected chi connectivity index (χ0v) is 18.4. The van der Waals surface area contributed by atoms with Crippen LogP contribution < -0.4 is 0 Å². The van der Waals surface area contributed by atoms with Crippen molar-refractivity contribution in [3.05, 3.63) is 88.2 Å². The van der Waals surface area contributed by atoms with E-state index in [9.17, 15) is 0 Å². The van der Waals surface area contributed by atoms with Crippen LogP contribution in [-0.2, 0) is 5.41 Å². The Hall–Kier alpha value is -2.56. The Morgan fingerprint density at radius 2 is 1.93 bits per heavy atom. The lowest BCUT2D eigenvalue weighted by molar-refractivity contribution is 0.244. The van der Waals surface area contributed by atoms with Gasteiger partial charge in [-0.25, -0.2) is 0 Å². The standard InChI is InChI=1S/C24H22Cl2N4/c1-15(2)23-24(14-27-21-12-18(26)7-8-19(21)24)20(16-5-4-6-17(25)11-16)13-22-28-29(3)9-10-30(22)23/h4-12,14,20,23H,1,13H2,2-3H3. The first-order valence-electron chi connectivity index (χ1n) is 9.93. The topological polar surface area (TPSA) is 31.2 Å². The molecule has 0 aliphatic carbocycles. The Kier molecular flexibility index (Phi) is 4.53. The molecule has 4 nitrogen and oxygen atoms in total. The van der Waals surface area contributed by atoms with Gasteiger partial charge >= 0.3 is 0 Å². The van der Waals surface area contributed by atoms with Crippen molar-refractivity contribution in [3.8, 4) is 0 Å². The molecular formula is C24H22Cl2N4. The lowest BCUT2D eigenvalue weighted by Gasteiger charge is -2.53. The molecule has 3 aliphatic heterocycles. The van der Waals surface area contributed by atoms with E-state index in [-0.39, 0.29) is 12.0 Å². The second kappa shape index (κ2) is 7.00. The summed E-state index contributed by atoms with van der Waals surface area (Å²) in [5.41, 5.74) is 3.89. The highest BCUT2D eigenvalue weighted by Gasteiger charge is 2.56. The summed E-state index contributed by atoms with van der Waals surface area (Å²) in [6.07, 6.45) is 6.93. The Balaban J connectivity index is 1.78. The molecule has 6 heteroatoms. The molecule has 0 saturated carbocycles. The van der Waals surface area contributed by atoms with E-state index in [4.69, 9.17) is 33.3 Å². The zero-order valence-electron chi connectivity index (χ0n) is 16.9. The predicted octanol–water partition coefficient (Wildman–Crippen LogP) is 6.11. The van der Waals surface area contributed by atoms with Gasteiger partial charge < -0.3 is 4.90 Å². The normalized spacial score (nSPS) is 26.6. The van der Waals surface area contributed by atoms with Gasteiger partial charge in [-0.3, -0.25) is 10.0 Å². The summed E-state index contributed by atoms with van der Waals surface area (Å²) in [6.45, 7) is 6.47. The Labute approximate surface area is 186 Å². The Bertz CT molecular complexity index is 1140. The van der Waals surface area contributed by atoms with Crippen molar-refractivity contribution in [2.75, 3.05) is 7.05 Å². The van der Waals surface area contributed by atoms with Crippen LogP contribution in [0.25, 0.3) is 0 Å². The number of hydrogen-bond acceptors (Lipinski definition) is 4. The first kappa shape index (κ1) is 19.4. The number of benzene rings is 2. The van der Waals surface area contributed by atoms with Crippen LogP contribution in [0.3, 0.4) is 0 Å². The van der Waals surface area contributed by atoms with Crippen molar-refractivity contribution in [2.45, 2.75) is 30.7 Å². The molecule has 0 aromatic heterocycles. The second-order valence-corrected chi connectivity index (χ2v) is 9.08. The van der Waals surface area contributed by atoms with Gasteiger partial charge in [0.05, 0.1) is 17.1 Å². The summed E-state index contributed by atoms with van der Waals surface area (Å²) in [5.74, 6) is 1.11. The fourth-order valence-electron chi connectivity index (χ4n) is 5.16. The molecule has 1 spiro atoms. The van der Waals surface area contributed by atoms with Gasteiger partial charge in [0.1, 0.15) is 5.84 Å². The lowest BCUT2D eigenvalue weighted by atomic mass is 9.59. The number of nitrogens with zero attached hydrogens (tertiary/aromatic N) is 4. The minimum Gasteiger partial charge on any atom is -0.325 e. The number of hydrazone groups is 1. The number of amidine groups is 1. The van der Waals surface area contributed by atoms with Crippen LogP contribution in [0, 0.1) is 0 Å². The van der Waals surface area contributed by atoms with Crippen molar-refractivity contribution < 1.29 is 0 Å². The summed E-state index contributed by atoms with van der Waals surface area (Å²) < 4.78 is 0. The largest absolute Gasteiger partial charge is 0.325 e. The molecule has 0 bridgehead atoms. The van der Waals surface area contributed by atoms with Gasteiger partial charge in [0.2, 0.25) is 0 Å². The van der Waals surface area contributed by atoms with Gasteiger partial charge in [-0.1, -0.05) is 53.6 Å². The zero-order chi connectivity index (χ0) is 21.0. The Morgan fingerprint density at radius 3 is 2.70 bits per heavy atom. The number of rotatable bonds is 2. The van der Waals surface area contributed by atoms with E-state index in [2.05, 4.69) is 49.0 Å². The number of halogens is 2. The number of hydrogen-bond donors (Lipinski definition) is 0. The highest BCUT2D eigenvalue weighted by atomic mass is 35.5.